The van der Waals surface area contributed by atoms with Gasteiger partial charge < -0.3 is 10.5 Å². The van der Waals surface area contributed by atoms with E-state index in [9.17, 15) is 0 Å². The molecule has 0 radical (unpaired) electrons. The zero-order chi connectivity index (χ0) is 15.2. The summed E-state index contributed by atoms with van der Waals surface area (Å²) in [5.74, 6) is 0. The maximum Gasteiger partial charge on any atom is 0.425 e. The molecule has 2 heterocycles. The molecule has 3 nitrogen and oxygen atoms in total. The van der Waals surface area contributed by atoms with Crippen LogP contribution in [0.4, 0.5) is 11.4 Å². The van der Waals surface area contributed by atoms with Gasteiger partial charge in [-0.2, -0.15) is 0 Å². The molecule has 0 saturated heterocycles. The third-order valence-electron chi connectivity index (χ3n) is 4.42. The minimum Gasteiger partial charge on any atom is -0.404 e. The highest BCUT2D eigenvalue weighted by Crippen LogP contribution is 2.33. The zero-order valence-electron chi connectivity index (χ0n) is 12.5. The molecule has 1 aromatic heterocycles. The third-order valence-corrected chi connectivity index (χ3v) is 4.42. The van der Waals surface area contributed by atoms with Crippen LogP contribution < -0.4 is 16.0 Å². The number of nitrogens with zero attached hydrogens (tertiary/aromatic N) is 1. The van der Waals surface area contributed by atoms with Gasteiger partial charge in [0.1, 0.15) is 0 Å². The van der Waals surface area contributed by atoms with Crippen molar-refractivity contribution in [3.8, 4) is 0 Å². The van der Waals surface area contributed by atoms with Gasteiger partial charge in [0, 0.05) is 22.1 Å². The van der Waals surface area contributed by atoms with Crippen molar-refractivity contribution in [2.45, 2.75) is 0 Å². The normalized spacial score (nSPS) is 13.0. The monoisotopic (exact) mass is 295 g/mol. The van der Waals surface area contributed by atoms with Gasteiger partial charge in [0.2, 0.25) is 0 Å². The van der Waals surface area contributed by atoms with Gasteiger partial charge in [-0.3, -0.25) is 4.98 Å². The second kappa shape index (κ2) is 4.75. The summed E-state index contributed by atoms with van der Waals surface area (Å²) in [7, 11) is 0. The molecule has 5 rings (SSSR count). The van der Waals surface area contributed by atoms with E-state index in [0.717, 1.165) is 27.9 Å². The average Bonchev–Trinajstić information content (AvgIpc) is 2.62. The molecule has 4 aromatic rings. The number of para-hydroxylation sites is 1. The summed E-state index contributed by atoms with van der Waals surface area (Å²) < 4.78 is 0. The molecule has 0 unspecified atom stereocenters. The largest absolute Gasteiger partial charge is 0.425 e. The molecule has 23 heavy (non-hydrogen) atoms. The van der Waals surface area contributed by atoms with Crippen LogP contribution in [0.15, 0.2) is 72.8 Å². The number of nitrogens with one attached hydrogen (secondary N) is 2. The molecular formula is C19H14BN3. The summed E-state index contributed by atoms with van der Waals surface area (Å²) in [5, 5.41) is 10.8. The Labute approximate surface area is 134 Å². The number of pyridine rings is 1. The summed E-state index contributed by atoms with van der Waals surface area (Å²) >= 11 is 0. The molecular weight excluding hydrogens is 281 g/mol. The fourth-order valence-electron chi connectivity index (χ4n) is 3.32. The van der Waals surface area contributed by atoms with Crippen LogP contribution in [0, 0.1) is 0 Å². The van der Waals surface area contributed by atoms with E-state index in [0.29, 0.717) is 0 Å². The number of aromatic nitrogens is 1. The highest BCUT2D eigenvalue weighted by atomic mass is 15.0. The molecule has 0 saturated carbocycles. The SMILES string of the molecule is c1ccc2nc(B3Nc4cccc5cccc(c45)N3)ccc2c1. The van der Waals surface area contributed by atoms with E-state index in [1.165, 1.54) is 10.8 Å². The van der Waals surface area contributed by atoms with Crippen LogP contribution in [-0.4, -0.2) is 12.0 Å². The average molecular weight is 295 g/mol. The van der Waals surface area contributed by atoms with Crippen molar-refractivity contribution in [1.82, 2.24) is 4.98 Å². The first-order chi connectivity index (χ1) is 11.4. The predicted molar refractivity (Wildman–Crippen MR) is 98.3 cm³/mol. The maximum atomic E-state index is 4.81. The molecule has 0 spiro atoms. The lowest BCUT2D eigenvalue weighted by Gasteiger charge is -2.26. The van der Waals surface area contributed by atoms with Crippen LogP contribution in [-0.2, 0) is 0 Å². The summed E-state index contributed by atoms with van der Waals surface area (Å²) in [5.41, 5.74) is 4.31. The molecule has 0 bridgehead atoms. The number of rotatable bonds is 1. The minimum absolute atomic E-state index is 0.0277. The molecule has 0 atom stereocenters. The fraction of sp³-hybridized carbons (Fsp3) is 0. The van der Waals surface area contributed by atoms with Crippen molar-refractivity contribution in [3.63, 3.8) is 0 Å². The second-order valence-corrected chi connectivity index (χ2v) is 5.86. The number of anilines is 2. The van der Waals surface area contributed by atoms with Crippen molar-refractivity contribution in [2.75, 3.05) is 10.5 Å². The quantitative estimate of drug-likeness (QED) is 0.527. The van der Waals surface area contributed by atoms with E-state index in [-0.39, 0.29) is 6.98 Å². The lowest BCUT2D eigenvalue weighted by molar-refractivity contribution is 1.45. The standard InChI is InChI=1S/C19H14BN3/c1-2-8-15-13(5-1)11-12-18(21-15)20-22-16-9-3-6-14-7-4-10-17(23-20)19(14)16/h1-12,22-23H. The Bertz CT molecular complexity index is 1000. The molecule has 0 amide bonds. The smallest absolute Gasteiger partial charge is 0.404 e. The first-order valence-corrected chi connectivity index (χ1v) is 7.79. The lowest BCUT2D eigenvalue weighted by Crippen LogP contribution is -2.49. The summed E-state index contributed by atoms with van der Waals surface area (Å²) in [4.78, 5) is 4.81. The van der Waals surface area contributed by atoms with Crippen LogP contribution in [0.3, 0.4) is 0 Å². The number of hydrogen-bond acceptors (Lipinski definition) is 3. The van der Waals surface area contributed by atoms with Crippen LogP contribution in [0.2, 0.25) is 0 Å². The predicted octanol–water partition coefficient (Wildman–Crippen LogP) is 3.62. The molecule has 3 aromatic carbocycles. The molecule has 108 valence electrons. The van der Waals surface area contributed by atoms with Crippen LogP contribution in [0.25, 0.3) is 21.7 Å². The van der Waals surface area contributed by atoms with Crippen LogP contribution in [0.5, 0.6) is 0 Å². The first-order valence-electron chi connectivity index (χ1n) is 7.79. The highest BCUT2D eigenvalue weighted by molar-refractivity contribution is 6.79. The number of benzene rings is 3. The van der Waals surface area contributed by atoms with Crippen molar-refractivity contribution < 1.29 is 0 Å². The molecule has 1 aliphatic heterocycles. The Morgan fingerprint density at radius 2 is 1.35 bits per heavy atom. The van der Waals surface area contributed by atoms with Crippen molar-refractivity contribution >= 4 is 45.6 Å². The molecule has 2 N–H and O–H groups in total. The Morgan fingerprint density at radius 3 is 2.13 bits per heavy atom. The molecule has 4 heteroatoms. The van der Waals surface area contributed by atoms with Gasteiger partial charge in [0.05, 0.1) is 11.1 Å². The number of hydrogen-bond donors (Lipinski definition) is 2. The Hall–Kier alpha value is -3.01. The van der Waals surface area contributed by atoms with Gasteiger partial charge >= 0.3 is 6.98 Å². The van der Waals surface area contributed by atoms with E-state index in [1.54, 1.807) is 0 Å². The van der Waals surface area contributed by atoms with Crippen LogP contribution >= 0.6 is 0 Å². The molecule has 0 fully saturated rings. The van der Waals surface area contributed by atoms with Crippen molar-refractivity contribution in [3.05, 3.63) is 72.8 Å². The highest BCUT2D eigenvalue weighted by Gasteiger charge is 2.26. The van der Waals surface area contributed by atoms with Crippen molar-refractivity contribution in [2.24, 2.45) is 0 Å². The van der Waals surface area contributed by atoms with Gasteiger partial charge in [-0.05, 0) is 29.7 Å². The Morgan fingerprint density at radius 1 is 0.652 bits per heavy atom. The van der Waals surface area contributed by atoms with Crippen LogP contribution in [0.1, 0.15) is 0 Å². The second-order valence-electron chi connectivity index (χ2n) is 5.86. The minimum atomic E-state index is -0.0277. The van der Waals surface area contributed by atoms with Crippen molar-refractivity contribution in [1.29, 1.82) is 0 Å². The van der Waals surface area contributed by atoms with Gasteiger partial charge in [-0.1, -0.05) is 48.5 Å². The number of fused-ring (bicyclic) bond motifs is 1. The lowest BCUT2D eigenvalue weighted by atomic mass is 9.69. The fourth-order valence-corrected chi connectivity index (χ4v) is 3.32. The van der Waals surface area contributed by atoms with E-state index >= 15 is 0 Å². The molecule has 1 aliphatic rings. The topological polar surface area (TPSA) is 37.0 Å². The van der Waals surface area contributed by atoms with Gasteiger partial charge in [0.25, 0.3) is 0 Å². The van der Waals surface area contributed by atoms with Gasteiger partial charge in [0.15, 0.2) is 0 Å². The molecule has 0 aliphatic carbocycles. The van der Waals surface area contributed by atoms with E-state index in [1.807, 2.05) is 12.1 Å². The Balaban J connectivity index is 1.62. The van der Waals surface area contributed by atoms with E-state index < -0.39 is 0 Å². The van der Waals surface area contributed by atoms with E-state index in [2.05, 4.69) is 71.1 Å². The summed E-state index contributed by atoms with van der Waals surface area (Å²) in [6.07, 6.45) is 0. The van der Waals surface area contributed by atoms with Gasteiger partial charge in [-0.25, -0.2) is 0 Å². The zero-order valence-corrected chi connectivity index (χ0v) is 12.5. The third kappa shape index (κ3) is 1.95. The maximum absolute atomic E-state index is 4.81. The first kappa shape index (κ1) is 12.5. The van der Waals surface area contributed by atoms with E-state index in [4.69, 9.17) is 4.98 Å². The summed E-state index contributed by atoms with van der Waals surface area (Å²) in [6.45, 7) is -0.0277. The van der Waals surface area contributed by atoms with Gasteiger partial charge in [-0.15, -0.1) is 0 Å². The summed E-state index contributed by atoms with van der Waals surface area (Å²) in [6, 6.07) is 25.1. The Kier molecular flexibility index (Phi) is 2.59.